The van der Waals surface area contributed by atoms with Crippen molar-refractivity contribution in [2.75, 3.05) is 13.2 Å². The van der Waals surface area contributed by atoms with Gasteiger partial charge in [-0.15, -0.1) is 0 Å². The SMILES string of the molecule is CC.Cc1ccc(CN2C(=O)c3ccccc3C2(OCC2(CO)CC2)C2=CCC=C(Cl)C=C2)cc1. The lowest BCUT2D eigenvalue weighted by atomic mass is 9.91. The second-order valence-corrected chi connectivity index (χ2v) is 9.77. The van der Waals surface area contributed by atoms with Gasteiger partial charge >= 0.3 is 0 Å². The van der Waals surface area contributed by atoms with E-state index in [9.17, 15) is 9.90 Å². The molecule has 3 aliphatic rings. The molecule has 184 valence electrons. The van der Waals surface area contributed by atoms with Crippen LogP contribution in [-0.2, 0) is 17.0 Å². The summed E-state index contributed by atoms with van der Waals surface area (Å²) in [5.41, 5.74) is 3.26. The van der Waals surface area contributed by atoms with Crippen molar-refractivity contribution in [2.24, 2.45) is 5.41 Å². The van der Waals surface area contributed by atoms with Gasteiger partial charge in [-0.05, 0) is 43.9 Å². The van der Waals surface area contributed by atoms with Crippen LogP contribution in [0.25, 0.3) is 0 Å². The van der Waals surface area contributed by atoms with E-state index in [1.165, 1.54) is 5.56 Å². The summed E-state index contributed by atoms with van der Waals surface area (Å²) in [4.78, 5) is 15.6. The summed E-state index contributed by atoms with van der Waals surface area (Å²) in [5.74, 6) is -0.0578. The van der Waals surface area contributed by atoms with E-state index in [0.29, 0.717) is 30.2 Å². The average Bonchev–Trinajstić information content (AvgIpc) is 3.67. The maximum absolute atomic E-state index is 13.8. The van der Waals surface area contributed by atoms with Crippen LogP contribution in [0.3, 0.4) is 0 Å². The van der Waals surface area contributed by atoms with Crippen LogP contribution in [0.4, 0.5) is 0 Å². The van der Waals surface area contributed by atoms with Crippen molar-refractivity contribution in [1.29, 1.82) is 0 Å². The molecule has 2 aromatic carbocycles. The summed E-state index contributed by atoms with van der Waals surface area (Å²) < 4.78 is 6.80. The number of nitrogens with zero attached hydrogens (tertiary/aromatic N) is 1. The van der Waals surface area contributed by atoms with Crippen molar-refractivity contribution >= 4 is 17.5 Å². The van der Waals surface area contributed by atoms with E-state index in [1.807, 2.05) is 61.2 Å². The molecule has 0 saturated heterocycles. The molecule has 1 amide bonds. The molecule has 0 aromatic heterocycles. The molecule has 2 aromatic rings. The highest BCUT2D eigenvalue weighted by molar-refractivity contribution is 6.31. The number of benzene rings is 2. The third-order valence-electron chi connectivity index (χ3n) is 6.95. The average molecular weight is 492 g/mol. The standard InChI is InChI=1S/C28H28ClNO3.C2H6/c1-20-9-11-21(12-10-20)17-30-26(32)24-7-2-3-8-25(24)28(30,33-19-27(18-31)15-16-27)22-5-4-6-23(29)14-13-22;1-2/h2-3,5-14,31H,4,15-19H2,1H3;1-2H3. The van der Waals surface area contributed by atoms with E-state index in [0.717, 1.165) is 29.5 Å². The maximum atomic E-state index is 13.8. The number of halogens is 1. The lowest BCUT2D eigenvalue weighted by Crippen LogP contribution is -2.48. The molecule has 1 heterocycles. The number of aryl methyl sites for hydroxylation is 1. The van der Waals surface area contributed by atoms with E-state index < -0.39 is 5.72 Å². The topological polar surface area (TPSA) is 49.8 Å². The van der Waals surface area contributed by atoms with Gasteiger partial charge in [0.05, 0.1) is 13.2 Å². The van der Waals surface area contributed by atoms with Gasteiger partial charge < -0.3 is 9.84 Å². The van der Waals surface area contributed by atoms with Crippen LogP contribution in [0, 0.1) is 12.3 Å². The summed E-state index contributed by atoms with van der Waals surface area (Å²) in [6.45, 7) is 6.92. The van der Waals surface area contributed by atoms with Gasteiger partial charge in [-0.2, -0.15) is 0 Å². The zero-order valence-electron chi connectivity index (χ0n) is 20.8. The molecule has 5 rings (SSSR count). The summed E-state index contributed by atoms with van der Waals surface area (Å²) in [5, 5.41) is 10.6. The second kappa shape index (κ2) is 10.5. The Bertz CT molecular complexity index is 1160. The predicted molar refractivity (Wildman–Crippen MR) is 141 cm³/mol. The first kappa shape index (κ1) is 25.4. The number of carbonyl (C=O) groups excluding carboxylic acids is 1. The number of carbonyl (C=O) groups is 1. The zero-order chi connectivity index (χ0) is 25.1. The fourth-order valence-corrected chi connectivity index (χ4v) is 4.80. The normalized spacial score (nSPS) is 22.0. The van der Waals surface area contributed by atoms with E-state index in [4.69, 9.17) is 16.3 Å². The number of hydrogen-bond acceptors (Lipinski definition) is 3. The molecular weight excluding hydrogens is 458 g/mol. The molecule has 4 nitrogen and oxygen atoms in total. The minimum atomic E-state index is -1.09. The van der Waals surface area contributed by atoms with Crippen LogP contribution >= 0.6 is 11.6 Å². The number of aliphatic hydroxyl groups is 1. The number of rotatable bonds is 7. The summed E-state index contributed by atoms with van der Waals surface area (Å²) in [6, 6.07) is 15.9. The van der Waals surface area contributed by atoms with Gasteiger partial charge in [-0.3, -0.25) is 9.69 Å². The van der Waals surface area contributed by atoms with Gasteiger partial charge in [0.2, 0.25) is 0 Å². The van der Waals surface area contributed by atoms with E-state index in [-0.39, 0.29) is 17.9 Å². The van der Waals surface area contributed by atoms with Gasteiger partial charge in [0.25, 0.3) is 5.91 Å². The molecule has 1 atom stereocenters. The number of allylic oxidation sites excluding steroid dienone is 4. The largest absolute Gasteiger partial charge is 0.396 e. The predicted octanol–water partition coefficient (Wildman–Crippen LogP) is 6.63. The minimum Gasteiger partial charge on any atom is -0.396 e. The number of ether oxygens (including phenoxy) is 1. The van der Waals surface area contributed by atoms with E-state index >= 15 is 0 Å². The maximum Gasteiger partial charge on any atom is 0.257 e. The highest BCUT2D eigenvalue weighted by Gasteiger charge is 2.55. The Kier molecular flexibility index (Phi) is 7.65. The summed E-state index contributed by atoms with van der Waals surface area (Å²) in [6.07, 6.45) is 10.3. The highest BCUT2D eigenvalue weighted by atomic mass is 35.5. The molecular formula is C30H34ClNO3. The molecule has 1 aliphatic heterocycles. The Morgan fingerprint density at radius 2 is 1.74 bits per heavy atom. The monoisotopic (exact) mass is 491 g/mol. The number of aliphatic hydroxyl groups excluding tert-OH is 1. The van der Waals surface area contributed by atoms with Gasteiger partial charge in [0.1, 0.15) is 0 Å². The molecule has 1 saturated carbocycles. The molecule has 0 spiro atoms. The van der Waals surface area contributed by atoms with Crippen molar-refractivity contribution in [1.82, 2.24) is 4.90 Å². The first-order valence-corrected chi connectivity index (χ1v) is 12.8. The van der Waals surface area contributed by atoms with Crippen LogP contribution in [-0.4, -0.2) is 29.1 Å². The first-order chi connectivity index (χ1) is 17.0. The quantitative estimate of drug-likeness (QED) is 0.473. The highest BCUT2D eigenvalue weighted by Crippen LogP contribution is 2.51. The third-order valence-corrected chi connectivity index (χ3v) is 7.23. The lowest BCUT2D eigenvalue weighted by molar-refractivity contribution is -0.129. The van der Waals surface area contributed by atoms with Gasteiger partial charge in [-0.1, -0.05) is 91.7 Å². The number of amides is 1. The van der Waals surface area contributed by atoms with Crippen molar-refractivity contribution in [3.8, 4) is 0 Å². The molecule has 1 fully saturated rings. The summed E-state index contributed by atoms with van der Waals surface area (Å²) in [7, 11) is 0. The molecule has 35 heavy (non-hydrogen) atoms. The van der Waals surface area contributed by atoms with Gasteiger partial charge in [-0.25, -0.2) is 0 Å². The Morgan fingerprint density at radius 3 is 2.43 bits per heavy atom. The molecule has 1 unspecified atom stereocenters. The van der Waals surface area contributed by atoms with Gasteiger partial charge in [0, 0.05) is 33.7 Å². The molecule has 1 N–H and O–H groups in total. The fourth-order valence-electron chi connectivity index (χ4n) is 4.65. The molecule has 0 radical (unpaired) electrons. The van der Waals surface area contributed by atoms with Gasteiger partial charge in [0.15, 0.2) is 5.72 Å². The van der Waals surface area contributed by atoms with Crippen molar-refractivity contribution < 1.29 is 14.6 Å². The smallest absolute Gasteiger partial charge is 0.257 e. The third kappa shape index (κ3) is 4.88. The minimum absolute atomic E-state index is 0.0578. The van der Waals surface area contributed by atoms with E-state index in [1.54, 1.807) is 0 Å². The number of fused-ring (bicyclic) bond motifs is 1. The first-order valence-electron chi connectivity index (χ1n) is 12.4. The Labute approximate surface area is 213 Å². The van der Waals surface area contributed by atoms with Crippen LogP contribution < -0.4 is 0 Å². The molecule has 5 heteroatoms. The second-order valence-electron chi connectivity index (χ2n) is 9.33. The van der Waals surface area contributed by atoms with Crippen molar-refractivity contribution in [3.63, 3.8) is 0 Å². The van der Waals surface area contributed by atoms with Crippen LogP contribution in [0.15, 0.2) is 83.4 Å². The molecule has 2 aliphatic carbocycles. The summed E-state index contributed by atoms with van der Waals surface area (Å²) >= 11 is 6.32. The Balaban J connectivity index is 0.00000141. The van der Waals surface area contributed by atoms with E-state index in [2.05, 4.69) is 37.3 Å². The zero-order valence-corrected chi connectivity index (χ0v) is 21.5. The van der Waals surface area contributed by atoms with Crippen LogP contribution in [0.5, 0.6) is 0 Å². The lowest BCUT2D eigenvalue weighted by Gasteiger charge is -2.41. The molecule has 0 bridgehead atoms. The van der Waals surface area contributed by atoms with Crippen LogP contribution in [0.2, 0.25) is 0 Å². The van der Waals surface area contributed by atoms with Crippen LogP contribution in [0.1, 0.15) is 60.2 Å². The van der Waals surface area contributed by atoms with Crippen molar-refractivity contribution in [3.05, 3.63) is 106 Å². The van der Waals surface area contributed by atoms with Crippen molar-refractivity contribution in [2.45, 2.75) is 52.3 Å². The number of hydrogen-bond donors (Lipinski definition) is 1. The Hall–Kier alpha value is -2.66. The fraction of sp³-hybridized carbons (Fsp3) is 0.367. The Morgan fingerprint density at radius 1 is 1.03 bits per heavy atom.